The van der Waals surface area contributed by atoms with Crippen molar-refractivity contribution in [1.29, 1.82) is 0 Å². The maximum Gasteiger partial charge on any atom is 0.140 e. The topological polar surface area (TPSA) is 56.2 Å². The first-order valence-corrected chi connectivity index (χ1v) is 6.78. The number of nitrogens with zero attached hydrogens (tertiary/aromatic N) is 3. The molecule has 0 amide bonds. The van der Waals surface area contributed by atoms with Gasteiger partial charge < -0.3 is 10.1 Å². The average Bonchev–Trinajstić information content (AvgIpc) is 2.78. The van der Waals surface area contributed by atoms with Gasteiger partial charge in [0.15, 0.2) is 0 Å². The number of aryl methyl sites for hydroxylation is 1. The van der Waals surface area contributed by atoms with Crippen LogP contribution in [0.25, 0.3) is 17.0 Å². The van der Waals surface area contributed by atoms with Gasteiger partial charge in [0.25, 0.3) is 0 Å². The predicted molar refractivity (Wildman–Crippen MR) is 78.8 cm³/mol. The fraction of sp³-hybridized carbons (Fsp3) is 0.143. The van der Waals surface area contributed by atoms with Crippen LogP contribution in [0.1, 0.15) is 11.3 Å². The van der Waals surface area contributed by atoms with E-state index in [-0.39, 0.29) is 0 Å². The molecule has 0 aromatic carbocycles. The summed E-state index contributed by atoms with van der Waals surface area (Å²) in [5.74, 6) is 0. The summed E-state index contributed by atoms with van der Waals surface area (Å²) in [5, 5.41) is 0. The third-order valence-corrected chi connectivity index (χ3v) is 3.50. The summed E-state index contributed by atoms with van der Waals surface area (Å²) in [6.45, 7) is 2.46. The van der Waals surface area contributed by atoms with Crippen LogP contribution in [0.3, 0.4) is 0 Å². The molecule has 3 aromatic heterocycles. The van der Waals surface area contributed by atoms with Gasteiger partial charge in [-0.05, 0) is 46.6 Å². The Hall–Kier alpha value is -1.72. The van der Waals surface area contributed by atoms with E-state index in [1.807, 2.05) is 41.8 Å². The van der Waals surface area contributed by atoms with Crippen LogP contribution >= 0.6 is 15.9 Å². The fourth-order valence-corrected chi connectivity index (χ4v) is 2.77. The highest BCUT2D eigenvalue weighted by molar-refractivity contribution is 9.10. The molecule has 0 fully saturated rings. The fourth-order valence-electron chi connectivity index (χ4n) is 2.22. The number of nitrogens with two attached hydrogens (primary N) is 1. The zero-order chi connectivity index (χ0) is 13.4. The third kappa shape index (κ3) is 2.05. The molecule has 3 aromatic rings. The molecule has 2 N–H and O–H groups in total. The summed E-state index contributed by atoms with van der Waals surface area (Å²) < 4.78 is 3.04. The van der Waals surface area contributed by atoms with Crippen molar-refractivity contribution in [3.05, 3.63) is 52.4 Å². The molecule has 5 heteroatoms. The van der Waals surface area contributed by atoms with Gasteiger partial charge in [-0.15, -0.1) is 0 Å². The van der Waals surface area contributed by atoms with Crippen LogP contribution in [0.5, 0.6) is 0 Å². The van der Waals surface area contributed by atoms with Gasteiger partial charge in [0, 0.05) is 23.4 Å². The van der Waals surface area contributed by atoms with Gasteiger partial charge in [-0.3, -0.25) is 4.98 Å². The quantitative estimate of drug-likeness (QED) is 0.790. The number of hydrogen-bond acceptors (Lipinski definition) is 3. The van der Waals surface area contributed by atoms with Crippen molar-refractivity contribution in [1.82, 2.24) is 14.4 Å². The van der Waals surface area contributed by atoms with Crippen molar-refractivity contribution >= 4 is 21.6 Å². The van der Waals surface area contributed by atoms with E-state index in [4.69, 9.17) is 10.7 Å². The van der Waals surface area contributed by atoms with E-state index >= 15 is 0 Å². The SMILES string of the molecule is Cc1cc(Br)cn2c(CN)c(-c3ccccn3)nc12. The molecule has 0 aliphatic carbocycles. The average molecular weight is 317 g/mol. The van der Waals surface area contributed by atoms with Crippen LogP contribution in [0.4, 0.5) is 0 Å². The molecule has 0 aliphatic rings. The van der Waals surface area contributed by atoms with Crippen LogP contribution < -0.4 is 5.73 Å². The number of imidazole rings is 1. The summed E-state index contributed by atoms with van der Waals surface area (Å²) >= 11 is 3.51. The van der Waals surface area contributed by atoms with E-state index in [2.05, 4.69) is 20.9 Å². The molecule has 3 rings (SSSR count). The largest absolute Gasteiger partial charge is 0.325 e. The first-order chi connectivity index (χ1) is 9.20. The number of halogens is 1. The molecule has 0 aliphatic heterocycles. The number of pyridine rings is 2. The smallest absolute Gasteiger partial charge is 0.140 e. The maximum atomic E-state index is 5.89. The highest BCUT2D eigenvalue weighted by atomic mass is 79.9. The number of aromatic nitrogens is 3. The van der Waals surface area contributed by atoms with Crippen LogP contribution in [0.2, 0.25) is 0 Å². The van der Waals surface area contributed by atoms with Crippen LogP contribution in [0.15, 0.2) is 41.1 Å². The second kappa shape index (κ2) is 4.75. The molecule has 96 valence electrons. The van der Waals surface area contributed by atoms with E-state index in [0.29, 0.717) is 6.54 Å². The lowest BCUT2D eigenvalue weighted by Crippen LogP contribution is -2.03. The van der Waals surface area contributed by atoms with E-state index in [0.717, 1.165) is 32.8 Å². The molecule has 3 heterocycles. The molecule has 0 spiro atoms. The Morgan fingerprint density at radius 1 is 1.37 bits per heavy atom. The normalized spacial score (nSPS) is 11.1. The third-order valence-electron chi connectivity index (χ3n) is 3.07. The molecule has 0 saturated heterocycles. The lowest BCUT2D eigenvalue weighted by molar-refractivity contribution is 0.954. The molecule has 0 unspecified atom stereocenters. The zero-order valence-electron chi connectivity index (χ0n) is 10.5. The van der Waals surface area contributed by atoms with Gasteiger partial charge in [0.05, 0.1) is 11.4 Å². The van der Waals surface area contributed by atoms with Gasteiger partial charge in [0.1, 0.15) is 11.3 Å². The van der Waals surface area contributed by atoms with Crippen molar-refractivity contribution < 1.29 is 0 Å². The van der Waals surface area contributed by atoms with Crippen LogP contribution in [-0.4, -0.2) is 14.4 Å². The Bertz CT molecular complexity index is 734. The Morgan fingerprint density at radius 3 is 2.89 bits per heavy atom. The van der Waals surface area contributed by atoms with Crippen molar-refractivity contribution in [2.45, 2.75) is 13.5 Å². The minimum absolute atomic E-state index is 0.420. The molecular weight excluding hydrogens is 304 g/mol. The standard InChI is InChI=1S/C14H13BrN4/c1-9-6-10(15)8-19-12(7-16)13(18-14(9)19)11-4-2-3-5-17-11/h2-6,8H,7,16H2,1H3. The summed E-state index contributed by atoms with van der Waals surface area (Å²) in [5.41, 5.74) is 10.6. The molecule has 0 bridgehead atoms. The zero-order valence-corrected chi connectivity index (χ0v) is 12.1. The summed E-state index contributed by atoms with van der Waals surface area (Å²) in [6.07, 6.45) is 3.76. The van der Waals surface area contributed by atoms with Crippen molar-refractivity contribution in [2.24, 2.45) is 5.73 Å². The number of rotatable bonds is 2. The van der Waals surface area contributed by atoms with E-state index < -0.39 is 0 Å². The van der Waals surface area contributed by atoms with E-state index in [1.54, 1.807) is 6.20 Å². The van der Waals surface area contributed by atoms with Crippen molar-refractivity contribution in [2.75, 3.05) is 0 Å². The monoisotopic (exact) mass is 316 g/mol. The van der Waals surface area contributed by atoms with Gasteiger partial charge in [-0.25, -0.2) is 4.98 Å². The Balaban J connectivity index is 2.35. The number of hydrogen-bond donors (Lipinski definition) is 1. The van der Waals surface area contributed by atoms with Gasteiger partial charge in [-0.1, -0.05) is 6.07 Å². The molecule has 0 atom stereocenters. The highest BCUT2D eigenvalue weighted by Gasteiger charge is 2.15. The lowest BCUT2D eigenvalue weighted by atomic mass is 10.2. The molecular formula is C14H13BrN4. The van der Waals surface area contributed by atoms with E-state index in [1.165, 1.54) is 0 Å². The number of fused-ring (bicyclic) bond motifs is 1. The summed E-state index contributed by atoms with van der Waals surface area (Å²) in [7, 11) is 0. The second-order valence-corrected chi connectivity index (χ2v) is 5.28. The van der Waals surface area contributed by atoms with Gasteiger partial charge in [-0.2, -0.15) is 0 Å². The minimum atomic E-state index is 0.420. The summed E-state index contributed by atoms with van der Waals surface area (Å²) in [6, 6.07) is 7.84. The summed E-state index contributed by atoms with van der Waals surface area (Å²) in [4.78, 5) is 9.06. The highest BCUT2D eigenvalue weighted by Crippen LogP contribution is 2.26. The Labute approximate surface area is 119 Å². The first kappa shape index (κ1) is 12.3. The van der Waals surface area contributed by atoms with Gasteiger partial charge in [0.2, 0.25) is 0 Å². The van der Waals surface area contributed by atoms with Crippen LogP contribution in [0, 0.1) is 6.92 Å². The maximum absolute atomic E-state index is 5.89. The Kier molecular flexibility index (Phi) is 3.08. The molecule has 19 heavy (non-hydrogen) atoms. The van der Waals surface area contributed by atoms with Gasteiger partial charge >= 0.3 is 0 Å². The van der Waals surface area contributed by atoms with Crippen molar-refractivity contribution in [3.63, 3.8) is 0 Å². The molecule has 0 radical (unpaired) electrons. The predicted octanol–water partition coefficient (Wildman–Crippen LogP) is 2.93. The van der Waals surface area contributed by atoms with E-state index in [9.17, 15) is 0 Å². The molecule has 4 nitrogen and oxygen atoms in total. The second-order valence-electron chi connectivity index (χ2n) is 4.36. The minimum Gasteiger partial charge on any atom is -0.325 e. The van der Waals surface area contributed by atoms with Crippen molar-refractivity contribution in [3.8, 4) is 11.4 Å². The van der Waals surface area contributed by atoms with Crippen LogP contribution in [-0.2, 0) is 6.54 Å². The first-order valence-electron chi connectivity index (χ1n) is 5.99. The lowest BCUT2D eigenvalue weighted by Gasteiger charge is -2.03. The Morgan fingerprint density at radius 2 is 2.21 bits per heavy atom. The molecule has 0 saturated carbocycles.